The Morgan fingerprint density at radius 1 is 1.10 bits per heavy atom. The highest BCUT2D eigenvalue weighted by atomic mass is 19.1. The van der Waals surface area contributed by atoms with Crippen LogP contribution in [0.4, 0.5) is 22.8 Å². The van der Waals surface area contributed by atoms with Gasteiger partial charge in [-0.05, 0) is 23.8 Å². The summed E-state index contributed by atoms with van der Waals surface area (Å²) in [5, 5.41) is 5.16. The molecule has 2 aromatic rings. The fourth-order valence-corrected chi connectivity index (χ4v) is 3.26. The third kappa shape index (κ3) is 4.37. The number of ether oxygens (including phenoxy) is 2. The molecule has 3 amide bonds. The maximum absolute atomic E-state index is 13.9. The van der Waals surface area contributed by atoms with Gasteiger partial charge in [0.15, 0.2) is 5.82 Å². The molecule has 0 bridgehead atoms. The van der Waals surface area contributed by atoms with Crippen molar-refractivity contribution in [2.75, 3.05) is 13.1 Å². The van der Waals surface area contributed by atoms with Crippen LogP contribution in [0.2, 0.25) is 0 Å². The Labute approximate surface area is 173 Å². The Morgan fingerprint density at radius 2 is 1.81 bits per heavy atom. The zero-order valence-corrected chi connectivity index (χ0v) is 15.9. The number of hydrogen-bond donors (Lipinski definition) is 1. The molecule has 4 rings (SSSR count). The van der Waals surface area contributed by atoms with E-state index in [1.807, 2.05) is 0 Å². The van der Waals surface area contributed by atoms with Crippen LogP contribution >= 0.6 is 0 Å². The molecule has 12 heteroatoms. The van der Waals surface area contributed by atoms with Gasteiger partial charge < -0.3 is 20.1 Å². The van der Waals surface area contributed by atoms with E-state index in [1.165, 1.54) is 11.1 Å². The second kappa shape index (κ2) is 8.13. The number of nitrogens with two attached hydrogens (primary N) is 1. The molecule has 2 aliphatic heterocycles. The number of halogens is 3. The monoisotopic (exact) mass is 435 g/mol. The zero-order valence-electron chi connectivity index (χ0n) is 15.9. The first-order valence-electron chi connectivity index (χ1n) is 9.17. The number of benzene rings is 1. The van der Waals surface area contributed by atoms with Crippen molar-refractivity contribution in [1.29, 1.82) is 0 Å². The first-order valence-corrected chi connectivity index (χ1v) is 9.17. The maximum Gasteiger partial charge on any atom is 0.411 e. The van der Waals surface area contributed by atoms with E-state index in [2.05, 4.69) is 14.8 Å². The highest BCUT2D eigenvalue weighted by Gasteiger charge is 2.39. The molecule has 3 heterocycles. The van der Waals surface area contributed by atoms with Gasteiger partial charge in [0.1, 0.15) is 17.7 Å². The third-order valence-corrected chi connectivity index (χ3v) is 4.69. The number of nitrogens with zero attached hydrogens (tertiary/aromatic N) is 4. The third-order valence-electron chi connectivity index (χ3n) is 4.69. The Kier molecular flexibility index (Phi) is 5.36. The van der Waals surface area contributed by atoms with Gasteiger partial charge in [-0.15, -0.1) is 0 Å². The number of aromatic nitrogens is 1. The van der Waals surface area contributed by atoms with E-state index in [0.29, 0.717) is 6.42 Å². The van der Waals surface area contributed by atoms with Crippen LogP contribution in [0.1, 0.15) is 18.0 Å². The van der Waals surface area contributed by atoms with Crippen molar-refractivity contribution in [2.24, 2.45) is 10.8 Å². The minimum atomic E-state index is -1.11. The van der Waals surface area contributed by atoms with Gasteiger partial charge in [-0.25, -0.2) is 27.8 Å². The van der Waals surface area contributed by atoms with Crippen LogP contribution in [-0.2, 0) is 0 Å². The van der Waals surface area contributed by atoms with Gasteiger partial charge in [-0.2, -0.15) is 10.1 Å². The lowest BCUT2D eigenvalue weighted by atomic mass is 10.0. The van der Waals surface area contributed by atoms with E-state index in [4.69, 9.17) is 10.5 Å². The summed E-state index contributed by atoms with van der Waals surface area (Å²) in [6, 6.07) is 4.05. The molecular formula is C19H16F3N5O4. The topological polar surface area (TPSA) is 110 Å². The lowest BCUT2D eigenvalue weighted by molar-refractivity contribution is 0.0227. The number of rotatable bonds is 4. The first-order chi connectivity index (χ1) is 14.8. The Balaban J connectivity index is 1.38. The van der Waals surface area contributed by atoms with Crippen LogP contribution < -0.4 is 15.2 Å². The van der Waals surface area contributed by atoms with E-state index in [9.17, 15) is 22.8 Å². The van der Waals surface area contributed by atoms with Gasteiger partial charge in [0, 0.05) is 24.8 Å². The predicted molar refractivity (Wildman–Crippen MR) is 99.8 cm³/mol. The van der Waals surface area contributed by atoms with E-state index < -0.39 is 47.6 Å². The summed E-state index contributed by atoms with van der Waals surface area (Å²) < 4.78 is 51.0. The van der Waals surface area contributed by atoms with Crippen molar-refractivity contribution < 1.29 is 32.2 Å². The van der Waals surface area contributed by atoms with Crippen molar-refractivity contribution in [2.45, 2.75) is 18.6 Å². The molecule has 1 fully saturated rings. The minimum absolute atomic E-state index is 0.108. The molecule has 0 aliphatic carbocycles. The number of pyridine rings is 1. The molecule has 2 N–H and O–H groups in total. The van der Waals surface area contributed by atoms with Crippen molar-refractivity contribution >= 4 is 18.3 Å². The fourth-order valence-electron chi connectivity index (χ4n) is 3.26. The average Bonchev–Trinajstić information content (AvgIpc) is 3.15. The molecule has 0 radical (unpaired) electrons. The minimum Gasteiger partial charge on any atom is -0.468 e. The number of carbonyl (C=O) groups excluding carboxylic acids is 2. The predicted octanol–water partition coefficient (Wildman–Crippen LogP) is 2.57. The largest absolute Gasteiger partial charge is 0.468 e. The molecule has 31 heavy (non-hydrogen) atoms. The summed E-state index contributed by atoms with van der Waals surface area (Å²) in [4.78, 5) is 28.7. The Hall–Kier alpha value is -3.83. The SMILES string of the molecule is NC(=O)Oc1ccc(F)c(OC2CN(C(=O)N3N=CCC3c3cc(F)cc(F)c3)C2)n1. The van der Waals surface area contributed by atoms with Gasteiger partial charge in [0.25, 0.3) is 5.88 Å². The number of hydrogen-bond acceptors (Lipinski definition) is 6. The lowest BCUT2D eigenvalue weighted by Gasteiger charge is -2.40. The molecule has 0 saturated carbocycles. The molecule has 9 nitrogen and oxygen atoms in total. The number of urea groups is 1. The molecule has 1 unspecified atom stereocenters. The Bertz CT molecular complexity index is 1040. The molecule has 1 atom stereocenters. The summed E-state index contributed by atoms with van der Waals surface area (Å²) in [6.45, 7) is 0.216. The van der Waals surface area contributed by atoms with Crippen LogP contribution in [0.5, 0.6) is 11.8 Å². The van der Waals surface area contributed by atoms with Crippen LogP contribution in [-0.4, -0.2) is 52.4 Å². The van der Waals surface area contributed by atoms with Gasteiger partial charge in [0.05, 0.1) is 19.1 Å². The molecule has 2 aliphatic rings. The summed E-state index contributed by atoms with van der Waals surface area (Å²) in [5.41, 5.74) is 5.18. The van der Waals surface area contributed by atoms with Crippen molar-refractivity contribution in [3.05, 3.63) is 53.3 Å². The smallest absolute Gasteiger partial charge is 0.411 e. The number of primary amides is 1. The fraction of sp³-hybridized carbons (Fsp3) is 0.263. The summed E-state index contributed by atoms with van der Waals surface area (Å²) in [6.07, 6.45) is 0.128. The van der Waals surface area contributed by atoms with Crippen LogP contribution in [0.25, 0.3) is 0 Å². The van der Waals surface area contributed by atoms with Gasteiger partial charge in [-0.3, -0.25) is 0 Å². The number of hydrazone groups is 1. The quantitative estimate of drug-likeness (QED) is 0.794. The summed E-state index contributed by atoms with van der Waals surface area (Å²) >= 11 is 0. The van der Waals surface area contributed by atoms with E-state index in [0.717, 1.165) is 35.3 Å². The summed E-state index contributed by atoms with van der Waals surface area (Å²) in [5.74, 6) is -2.90. The second-order valence-electron chi connectivity index (χ2n) is 6.88. The molecule has 1 aromatic carbocycles. The van der Waals surface area contributed by atoms with Crippen molar-refractivity contribution in [1.82, 2.24) is 14.9 Å². The molecule has 1 aromatic heterocycles. The van der Waals surface area contributed by atoms with Crippen LogP contribution in [0, 0.1) is 17.5 Å². The normalized spacial score (nSPS) is 18.1. The zero-order chi connectivity index (χ0) is 22.1. The number of likely N-dealkylation sites (tertiary alicyclic amines) is 1. The summed E-state index contributed by atoms with van der Waals surface area (Å²) in [7, 11) is 0. The van der Waals surface area contributed by atoms with E-state index >= 15 is 0 Å². The number of amides is 3. The molecule has 0 spiro atoms. The Morgan fingerprint density at radius 3 is 2.48 bits per heavy atom. The molecule has 1 saturated heterocycles. The standard InChI is InChI=1S/C19H16F3N5O4/c20-11-5-10(6-12(21)7-11)15-3-4-24-27(15)19(29)26-8-13(9-26)30-17-14(22)1-2-16(25-17)31-18(23)28/h1-2,4-7,13,15H,3,8-9H2,(H2,23,28). The molecule has 162 valence electrons. The van der Waals surface area contributed by atoms with Gasteiger partial charge >= 0.3 is 12.1 Å². The van der Waals surface area contributed by atoms with E-state index in [1.54, 1.807) is 0 Å². The highest BCUT2D eigenvalue weighted by molar-refractivity contribution is 5.79. The van der Waals surface area contributed by atoms with Gasteiger partial charge in [0.2, 0.25) is 5.88 Å². The van der Waals surface area contributed by atoms with Crippen molar-refractivity contribution in [3.8, 4) is 11.8 Å². The lowest BCUT2D eigenvalue weighted by Crippen LogP contribution is -2.59. The van der Waals surface area contributed by atoms with E-state index in [-0.39, 0.29) is 24.5 Å². The van der Waals surface area contributed by atoms with Crippen molar-refractivity contribution in [3.63, 3.8) is 0 Å². The number of carbonyl (C=O) groups is 2. The highest BCUT2D eigenvalue weighted by Crippen LogP contribution is 2.31. The maximum atomic E-state index is 13.9. The van der Waals surface area contributed by atoms with Crippen LogP contribution in [0.15, 0.2) is 35.4 Å². The molecular weight excluding hydrogens is 419 g/mol. The first kappa shape index (κ1) is 20.4. The van der Waals surface area contributed by atoms with Crippen LogP contribution in [0.3, 0.4) is 0 Å². The van der Waals surface area contributed by atoms with Gasteiger partial charge in [-0.1, -0.05) is 0 Å². The second-order valence-corrected chi connectivity index (χ2v) is 6.88. The average molecular weight is 435 g/mol.